The van der Waals surface area contributed by atoms with Gasteiger partial charge in [-0.2, -0.15) is 0 Å². The highest BCUT2D eigenvalue weighted by molar-refractivity contribution is 9.10. The van der Waals surface area contributed by atoms with Crippen molar-refractivity contribution in [1.29, 1.82) is 0 Å². The lowest BCUT2D eigenvalue weighted by Crippen LogP contribution is -2.27. The van der Waals surface area contributed by atoms with Crippen molar-refractivity contribution >= 4 is 44.0 Å². The molecule has 112 valence electrons. The van der Waals surface area contributed by atoms with Crippen LogP contribution >= 0.6 is 27.3 Å². The van der Waals surface area contributed by atoms with Crippen LogP contribution in [0.4, 0.5) is 15.2 Å². The second kappa shape index (κ2) is 7.00. The van der Waals surface area contributed by atoms with Gasteiger partial charge in [0.1, 0.15) is 5.82 Å². The SMILES string of the molecule is CCN(C(C)=O)c1nc(CNc2c(F)cccc2Br)cs1. The fourth-order valence-electron chi connectivity index (χ4n) is 1.84. The summed E-state index contributed by atoms with van der Waals surface area (Å²) in [5, 5.41) is 5.54. The van der Waals surface area contributed by atoms with Gasteiger partial charge in [-0.1, -0.05) is 6.07 Å². The number of carbonyl (C=O) groups is 1. The molecule has 0 bridgehead atoms. The molecule has 0 saturated carbocycles. The normalized spacial score (nSPS) is 10.5. The summed E-state index contributed by atoms with van der Waals surface area (Å²) in [6.07, 6.45) is 0. The summed E-state index contributed by atoms with van der Waals surface area (Å²) in [5.74, 6) is -0.359. The molecule has 1 heterocycles. The quantitative estimate of drug-likeness (QED) is 0.862. The van der Waals surface area contributed by atoms with Crippen LogP contribution in [-0.2, 0) is 11.3 Å². The predicted octanol–water partition coefficient (Wildman–Crippen LogP) is 4.03. The second-order valence-electron chi connectivity index (χ2n) is 4.33. The average molecular weight is 372 g/mol. The van der Waals surface area contributed by atoms with Gasteiger partial charge in [-0.3, -0.25) is 9.69 Å². The second-order valence-corrected chi connectivity index (χ2v) is 6.03. The highest BCUT2D eigenvalue weighted by Gasteiger charge is 2.13. The number of nitrogens with one attached hydrogen (secondary N) is 1. The third kappa shape index (κ3) is 3.79. The molecule has 2 rings (SSSR count). The fraction of sp³-hybridized carbons (Fsp3) is 0.286. The molecule has 0 aliphatic carbocycles. The van der Waals surface area contributed by atoms with Gasteiger partial charge in [-0.05, 0) is 35.0 Å². The molecule has 1 aromatic carbocycles. The van der Waals surface area contributed by atoms with Crippen molar-refractivity contribution in [3.8, 4) is 0 Å². The van der Waals surface area contributed by atoms with Crippen LogP contribution in [-0.4, -0.2) is 17.4 Å². The molecular formula is C14H15BrFN3OS. The third-order valence-corrected chi connectivity index (χ3v) is 4.45. The zero-order chi connectivity index (χ0) is 15.4. The molecule has 2 aromatic rings. The standard InChI is InChI=1S/C14H15BrFN3OS/c1-3-19(9(2)20)14-18-10(8-21-14)7-17-13-11(15)5-4-6-12(13)16/h4-6,8,17H,3,7H2,1-2H3. The van der Waals surface area contributed by atoms with Gasteiger partial charge in [0.2, 0.25) is 5.91 Å². The van der Waals surface area contributed by atoms with Crippen LogP contribution in [0.15, 0.2) is 28.1 Å². The maximum atomic E-state index is 13.7. The van der Waals surface area contributed by atoms with E-state index in [1.807, 2.05) is 12.3 Å². The Morgan fingerprint density at radius 3 is 2.90 bits per heavy atom. The van der Waals surface area contributed by atoms with E-state index in [1.165, 1.54) is 24.3 Å². The maximum absolute atomic E-state index is 13.7. The third-order valence-electron chi connectivity index (χ3n) is 2.88. The van der Waals surface area contributed by atoms with Crippen molar-refractivity contribution in [3.63, 3.8) is 0 Å². The Labute approximate surface area is 135 Å². The number of aromatic nitrogens is 1. The number of para-hydroxylation sites is 1. The van der Waals surface area contributed by atoms with E-state index in [-0.39, 0.29) is 11.7 Å². The van der Waals surface area contributed by atoms with Crippen LogP contribution in [0.3, 0.4) is 0 Å². The summed E-state index contributed by atoms with van der Waals surface area (Å²) in [6, 6.07) is 4.80. The number of benzene rings is 1. The molecule has 1 aromatic heterocycles. The van der Waals surface area contributed by atoms with Crippen LogP contribution in [0.1, 0.15) is 19.5 Å². The van der Waals surface area contributed by atoms with Gasteiger partial charge in [0, 0.05) is 23.3 Å². The Bertz CT molecular complexity index is 627. The summed E-state index contributed by atoms with van der Waals surface area (Å²) in [6.45, 7) is 4.39. The van der Waals surface area contributed by atoms with Crippen LogP contribution in [0.2, 0.25) is 0 Å². The predicted molar refractivity (Wildman–Crippen MR) is 87.2 cm³/mol. The maximum Gasteiger partial charge on any atom is 0.225 e. The van der Waals surface area contributed by atoms with E-state index in [0.717, 1.165) is 5.69 Å². The minimum atomic E-state index is -0.321. The first-order chi connectivity index (χ1) is 10.0. The lowest BCUT2D eigenvalue weighted by Gasteiger charge is -2.14. The molecule has 1 N–H and O–H groups in total. The molecule has 0 saturated heterocycles. The molecule has 4 nitrogen and oxygen atoms in total. The van der Waals surface area contributed by atoms with Gasteiger partial charge < -0.3 is 5.32 Å². The van der Waals surface area contributed by atoms with Crippen LogP contribution in [0, 0.1) is 5.82 Å². The van der Waals surface area contributed by atoms with Gasteiger partial charge in [-0.25, -0.2) is 9.37 Å². The molecule has 0 radical (unpaired) electrons. The van der Waals surface area contributed by atoms with E-state index in [0.29, 0.717) is 28.4 Å². The van der Waals surface area contributed by atoms with Gasteiger partial charge >= 0.3 is 0 Å². The molecule has 0 spiro atoms. The van der Waals surface area contributed by atoms with Gasteiger partial charge in [-0.15, -0.1) is 11.3 Å². The zero-order valence-corrected chi connectivity index (χ0v) is 14.1. The first-order valence-corrected chi connectivity index (χ1v) is 8.10. The monoisotopic (exact) mass is 371 g/mol. The van der Waals surface area contributed by atoms with Crippen molar-refractivity contribution < 1.29 is 9.18 Å². The lowest BCUT2D eigenvalue weighted by molar-refractivity contribution is -0.116. The van der Waals surface area contributed by atoms with Crippen molar-refractivity contribution in [2.75, 3.05) is 16.8 Å². The first kappa shape index (κ1) is 15.9. The number of hydrogen-bond donors (Lipinski definition) is 1. The van der Waals surface area contributed by atoms with Crippen LogP contribution in [0.25, 0.3) is 0 Å². The molecule has 0 atom stereocenters. The largest absolute Gasteiger partial charge is 0.376 e. The molecular weight excluding hydrogens is 357 g/mol. The zero-order valence-electron chi connectivity index (χ0n) is 11.7. The number of hydrogen-bond acceptors (Lipinski definition) is 4. The van der Waals surface area contributed by atoms with E-state index < -0.39 is 0 Å². The van der Waals surface area contributed by atoms with Gasteiger partial charge in [0.25, 0.3) is 0 Å². The van der Waals surface area contributed by atoms with Gasteiger partial charge in [0.15, 0.2) is 5.13 Å². The molecule has 0 aliphatic rings. The number of nitrogens with zero attached hydrogens (tertiary/aromatic N) is 2. The summed E-state index contributed by atoms with van der Waals surface area (Å²) in [7, 11) is 0. The average Bonchev–Trinajstić information content (AvgIpc) is 2.87. The molecule has 0 fully saturated rings. The molecule has 0 aliphatic heterocycles. The smallest absolute Gasteiger partial charge is 0.225 e. The van der Waals surface area contributed by atoms with Crippen molar-refractivity contribution in [3.05, 3.63) is 39.6 Å². The highest BCUT2D eigenvalue weighted by atomic mass is 79.9. The summed E-state index contributed by atoms with van der Waals surface area (Å²) >= 11 is 4.71. The van der Waals surface area contributed by atoms with E-state index in [2.05, 4.69) is 26.2 Å². The van der Waals surface area contributed by atoms with E-state index in [4.69, 9.17) is 0 Å². The molecule has 21 heavy (non-hydrogen) atoms. The molecule has 1 amide bonds. The summed E-state index contributed by atoms with van der Waals surface area (Å²) < 4.78 is 14.3. The first-order valence-electron chi connectivity index (χ1n) is 6.43. The van der Waals surface area contributed by atoms with Crippen molar-refractivity contribution in [2.45, 2.75) is 20.4 Å². The minimum Gasteiger partial charge on any atom is -0.376 e. The van der Waals surface area contributed by atoms with E-state index in [9.17, 15) is 9.18 Å². The Morgan fingerprint density at radius 2 is 2.29 bits per heavy atom. The fourth-order valence-corrected chi connectivity index (χ4v) is 3.25. The topological polar surface area (TPSA) is 45.2 Å². The lowest BCUT2D eigenvalue weighted by atomic mass is 10.3. The summed E-state index contributed by atoms with van der Waals surface area (Å²) in [5.41, 5.74) is 1.18. The van der Waals surface area contributed by atoms with Crippen molar-refractivity contribution in [2.24, 2.45) is 0 Å². The Morgan fingerprint density at radius 1 is 1.52 bits per heavy atom. The van der Waals surface area contributed by atoms with Crippen LogP contribution < -0.4 is 10.2 Å². The Hall–Kier alpha value is -1.47. The number of thiazole rings is 1. The van der Waals surface area contributed by atoms with Gasteiger partial charge in [0.05, 0.1) is 17.9 Å². The Kier molecular flexibility index (Phi) is 5.30. The molecule has 0 unspecified atom stereocenters. The minimum absolute atomic E-state index is 0.0387. The number of rotatable bonds is 5. The Balaban J connectivity index is 2.08. The molecule has 7 heteroatoms. The van der Waals surface area contributed by atoms with Crippen LogP contribution in [0.5, 0.6) is 0 Å². The van der Waals surface area contributed by atoms with E-state index in [1.54, 1.807) is 17.0 Å². The summed E-state index contributed by atoms with van der Waals surface area (Å²) in [4.78, 5) is 17.5. The number of anilines is 2. The number of amides is 1. The van der Waals surface area contributed by atoms with Crippen molar-refractivity contribution in [1.82, 2.24) is 4.98 Å². The number of carbonyl (C=O) groups excluding carboxylic acids is 1. The number of halogens is 2. The van der Waals surface area contributed by atoms with E-state index >= 15 is 0 Å². The highest BCUT2D eigenvalue weighted by Crippen LogP contribution is 2.26.